The molecule has 3 unspecified atom stereocenters. The van der Waals surface area contributed by atoms with Crippen molar-refractivity contribution in [3.63, 3.8) is 0 Å². The third-order valence-electron chi connectivity index (χ3n) is 4.98. The number of thiocarbonyl (C=S) groups is 1. The SMILES string of the molecule is COc1ccccc1C1NC(=S)NC(C)=C1C(=O)OC1CCCC1C. The highest BCUT2D eigenvalue weighted by Gasteiger charge is 2.35. The number of carbonyl (C=O) groups excluding carboxylic acids is 1. The van der Waals surface area contributed by atoms with Crippen LogP contribution in [0.3, 0.4) is 0 Å². The van der Waals surface area contributed by atoms with E-state index >= 15 is 0 Å². The number of nitrogens with one attached hydrogen (secondary N) is 2. The maximum Gasteiger partial charge on any atom is 0.338 e. The van der Waals surface area contributed by atoms with Crippen LogP contribution in [0, 0.1) is 5.92 Å². The monoisotopic (exact) mass is 360 g/mol. The fourth-order valence-electron chi connectivity index (χ4n) is 3.59. The van der Waals surface area contributed by atoms with E-state index in [4.69, 9.17) is 21.7 Å². The average molecular weight is 360 g/mol. The molecule has 1 fully saturated rings. The van der Waals surface area contributed by atoms with Crippen molar-refractivity contribution in [2.45, 2.75) is 45.3 Å². The first-order valence-corrected chi connectivity index (χ1v) is 9.04. The van der Waals surface area contributed by atoms with E-state index in [0.29, 0.717) is 22.4 Å². The van der Waals surface area contributed by atoms with Gasteiger partial charge in [0.05, 0.1) is 18.7 Å². The number of rotatable bonds is 4. The molecule has 2 N–H and O–H groups in total. The molecule has 6 heteroatoms. The number of hydrogen-bond donors (Lipinski definition) is 2. The van der Waals surface area contributed by atoms with Crippen LogP contribution in [0.5, 0.6) is 5.75 Å². The van der Waals surface area contributed by atoms with Crippen LogP contribution < -0.4 is 15.4 Å². The quantitative estimate of drug-likeness (QED) is 0.635. The molecule has 0 aromatic heterocycles. The van der Waals surface area contributed by atoms with Crippen LogP contribution in [0.1, 0.15) is 44.7 Å². The summed E-state index contributed by atoms with van der Waals surface area (Å²) < 4.78 is 11.3. The minimum atomic E-state index is -0.394. The Morgan fingerprint density at radius 2 is 2.04 bits per heavy atom. The Balaban J connectivity index is 1.93. The van der Waals surface area contributed by atoms with Gasteiger partial charge in [0.1, 0.15) is 11.9 Å². The van der Waals surface area contributed by atoms with Gasteiger partial charge in [0.25, 0.3) is 0 Å². The van der Waals surface area contributed by atoms with Crippen LogP contribution in [0.15, 0.2) is 35.5 Å². The van der Waals surface area contributed by atoms with E-state index in [0.717, 1.165) is 30.5 Å². The van der Waals surface area contributed by atoms with Gasteiger partial charge in [-0.3, -0.25) is 0 Å². The zero-order valence-electron chi connectivity index (χ0n) is 14.8. The van der Waals surface area contributed by atoms with Gasteiger partial charge in [0.15, 0.2) is 5.11 Å². The maximum absolute atomic E-state index is 13.0. The van der Waals surface area contributed by atoms with E-state index < -0.39 is 6.04 Å². The van der Waals surface area contributed by atoms with Crippen molar-refractivity contribution < 1.29 is 14.3 Å². The molecule has 0 amide bonds. The highest BCUT2D eigenvalue weighted by Crippen LogP contribution is 2.35. The number of allylic oxidation sites excluding steroid dienone is 1. The third kappa shape index (κ3) is 3.63. The zero-order chi connectivity index (χ0) is 18.0. The number of carbonyl (C=O) groups is 1. The molecule has 5 nitrogen and oxygen atoms in total. The summed E-state index contributed by atoms with van der Waals surface area (Å²) in [6, 6.07) is 7.23. The Hall–Kier alpha value is -2.08. The van der Waals surface area contributed by atoms with Gasteiger partial charge in [-0.05, 0) is 50.4 Å². The number of hydrogen-bond acceptors (Lipinski definition) is 4. The maximum atomic E-state index is 13.0. The number of methoxy groups -OCH3 is 1. The lowest BCUT2D eigenvalue weighted by atomic mass is 9.94. The number of para-hydroxylation sites is 1. The van der Waals surface area contributed by atoms with Crippen LogP contribution in [0.4, 0.5) is 0 Å². The van der Waals surface area contributed by atoms with Gasteiger partial charge in [0.2, 0.25) is 0 Å². The second-order valence-corrected chi connectivity index (χ2v) is 7.07. The van der Waals surface area contributed by atoms with Crippen molar-refractivity contribution in [3.05, 3.63) is 41.1 Å². The van der Waals surface area contributed by atoms with Crippen molar-refractivity contribution in [2.24, 2.45) is 5.92 Å². The highest BCUT2D eigenvalue weighted by atomic mass is 32.1. The number of benzene rings is 1. The summed E-state index contributed by atoms with van der Waals surface area (Å²) in [7, 11) is 1.62. The van der Waals surface area contributed by atoms with E-state index in [1.165, 1.54) is 0 Å². The van der Waals surface area contributed by atoms with E-state index in [1.54, 1.807) is 7.11 Å². The summed E-state index contributed by atoms with van der Waals surface area (Å²) >= 11 is 5.29. The zero-order valence-corrected chi connectivity index (χ0v) is 15.6. The molecule has 3 rings (SSSR count). The summed E-state index contributed by atoms with van der Waals surface area (Å²) in [5.74, 6) is 0.812. The number of ether oxygens (including phenoxy) is 2. The Morgan fingerprint density at radius 3 is 2.72 bits per heavy atom. The molecule has 1 saturated carbocycles. The van der Waals surface area contributed by atoms with Crippen LogP contribution in [0.25, 0.3) is 0 Å². The summed E-state index contributed by atoms with van der Waals surface area (Å²) in [6.45, 7) is 3.99. The predicted octanol–water partition coefficient (Wildman–Crippen LogP) is 3.22. The molecule has 0 spiro atoms. The lowest BCUT2D eigenvalue weighted by molar-refractivity contribution is -0.146. The third-order valence-corrected chi connectivity index (χ3v) is 5.20. The standard InChI is InChI=1S/C19H24N2O3S/c1-11-7-6-10-14(11)24-18(22)16-12(2)20-19(25)21-17(16)13-8-4-5-9-15(13)23-3/h4-5,8-9,11,14,17H,6-7,10H2,1-3H3,(H2,20,21,25). The molecule has 0 radical (unpaired) electrons. The molecule has 1 heterocycles. The molecular formula is C19H24N2O3S. The van der Waals surface area contributed by atoms with Crippen molar-refractivity contribution in [3.8, 4) is 5.75 Å². The normalized spacial score (nSPS) is 26.0. The summed E-state index contributed by atoms with van der Waals surface area (Å²) in [4.78, 5) is 13.0. The molecule has 25 heavy (non-hydrogen) atoms. The van der Waals surface area contributed by atoms with Gasteiger partial charge in [-0.25, -0.2) is 4.79 Å². The molecule has 3 atom stereocenters. The van der Waals surface area contributed by atoms with E-state index in [9.17, 15) is 4.79 Å². The van der Waals surface area contributed by atoms with Gasteiger partial charge >= 0.3 is 5.97 Å². The molecular weight excluding hydrogens is 336 g/mol. The molecule has 1 aromatic rings. The number of esters is 1. The summed E-state index contributed by atoms with van der Waals surface area (Å²) in [5.41, 5.74) is 2.13. The van der Waals surface area contributed by atoms with Crippen molar-refractivity contribution >= 4 is 23.3 Å². The minimum Gasteiger partial charge on any atom is -0.496 e. The molecule has 1 aromatic carbocycles. The molecule has 1 aliphatic carbocycles. The van der Waals surface area contributed by atoms with Crippen molar-refractivity contribution in [1.82, 2.24) is 10.6 Å². The summed E-state index contributed by atoms with van der Waals surface area (Å²) in [6.07, 6.45) is 3.12. The van der Waals surface area contributed by atoms with Crippen molar-refractivity contribution in [1.29, 1.82) is 0 Å². The average Bonchev–Trinajstić information content (AvgIpc) is 2.98. The molecule has 134 valence electrons. The van der Waals surface area contributed by atoms with Gasteiger partial charge in [-0.1, -0.05) is 25.1 Å². The highest BCUT2D eigenvalue weighted by molar-refractivity contribution is 7.80. The van der Waals surface area contributed by atoms with Crippen LogP contribution in [-0.4, -0.2) is 24.3 Å². The lowest BCUT2D eigenvalue weighted by Crippen LogP contribution is -2.45. The first-order valence-electron chi connectivity index (χ1n) is 8.63. The molecule has 1 aliphatic heterocycles. The van der Waals surface area contributed by atoms with Crippen LogP contribution in [-0.2, 0) is 9.53 Å². The molecule has 2 aliphatic rings. The Labute approximate surface area is 153 Å². The van der Waals surface area contributed by atoms with Gasteiger partial charge in [-0.2, -0.15) is 0 Å². The van der Waals surface area contributed by atoms with Crippen LogP contribution in [0.2, 0.25) is 0 Å². The smallest absolute Gasteiger partial charge is 0.338 e. The molecule has 0 saturated heterocycles. The second kappa shape index (κ2) is 7.44. The summed E-state index contributed by atoms with van der Waals surface area (Å²) in [5, 5.41) is 6.71. The topological polar surface area (TPSA) is 59.6 Å². The minimum absolute atomic E-state index is 0.0139. The Bertz CT molecular complexity index is 716. The van der Waals surface area contributed by atoms with Gasteiger partial charge in [-0.15, -0.1) is 0 Å². The largest absolute Gasteiger partial charge is 0.496 e. The Kier molecular flexibility index (Phi) is 5.27. The van der Waals surface area contributed by atoms with Gasteiger partial charge < -0.3 is 20.1 Å². The van der Waals surface area contributed by atoms with Crippen molar-refractivity contribution in [2.75, 3.05) is 7.11 Å². The van der Waals surface area contributed by atoms with E-state index in [-0.39, 0.29) is 12.1 Å². The Morgan fingerprint density at radius 1 is 1.28 bits per heavy atom. The lowest BCUT2D eigenvalue weighted by Gasteiger charge is -2.31. The fourth-order valence-corrected chi connectivity index (χ4v) is 3.86. The van der Waals surface area contributed by atoms with E-state index in [1.807, 2.05) is 31.2 Å². The van der Waals surface area contributed by atoms with E-state index in [2.05, 4.69) is 17.6 Å². The fraction of sp³-hybridized carbons (Fsp3) is 0.474. The second-order valence-electron chi connectivity index (χ2n) is 6.66. The first-order chi connectivity index (χ1) is 12.0. The molecule has 0 bridgehead atoms. The first kappa shape index (κ1) is 17.7. The van der Waals surface area contributed by atoms with Gasteiger partial charge in [0, 0.05) is 11.3 Å². The van der Waals surface area contributed by atoms with Crippen LogP contribution >= 0.6 is 12.2 Å². The predicted molar refractivity (Wildman–Crippen MR) is 100 cm³/mol.